The number of hydrogen-bond acceptors (Lipinski definition) is 6. The van der Waals surface area contributed by atoms with Crippen LogP contribution < -0.4 is 15.8 Å². The molecule has 0 saturated carbocycles. The van der Waals surface area contributed by atoms with E-state index in [0.29, 0.717) is 6.61 Å². The summed E-state index contributed by atoms with van der Waals surface area (Å²) in [5.41, 5.74) is 17.0. The molecule has 0 saturated heterocycles. The third-order valence-electron chi connectivity index (χ3n) is 7.59. The number of aryl methyl sites for hydroxylation is 2. The summed E-state index contributed by atoms with van der Waals surface area (Å²) >= 11 is 0. The lowest BCUT2D eigenvalue weighted by Crippen LogP contribution is -2.19. The Morgan fingerprint density at radius 2 is 1.86 bits per heavy atom. The second-order valence-corrected chi connectivity index (χ2v) is 10.6. The van der Waals surface area contributed by atoms with Gasteiger partial charge >= 0.3 is 0 Å². The molecule has 0 aliphatic rings. The first kappa shape index (κ1) is 30.3. The van der Waals surface area contributed by atoms with Gasteiger partial charge in [0.25, 0.3) is 0 Å². The molecule has 2 aromatic carbocycles. The number of aliphatic imine (C=N–C) groups is 1. The highest BCUT2D eigenvalue weighted by atomic mass is 16.5. The number of carbonyl (C=O) groups is 1. The fraction of sp³-hybridized carbons (Fsp3) is 0.265. The molecule has 0 fully saturated rings. The molecular formula is C34H40N6O2. The van der Waals surface area contributed by atoms with Crippen molar-refractivity contribution in [3.05, 3.63) is 83.7 Å². The van der Waals surface area contributed by atoms with Crippen LogP contribution in [0.15, 0.2) is 66.4 Å². The second-order valence-electron chi connectivity index (χ2n) is 10.6. The number of rotatable bonds is 10. The van der Waals surface area contributed by atoms with Gasteiger partial charge in [-0.1, -0.05) is 18.7 Å². The largest absolute Gasteiger partial charge is 0.492 e. The molecule has 4 N–H and O–H groups in total. The van der Waals surface area contributed by atoms with Gasteiger partial charge in [0.1, 0.15) is 18.0 Å². The maximum Gasteiger partial charge on any atom is 0.247 e. The first-order chi connectivity index (χ1) is 20.1. The first-order valence-corrected chi connectivity index (χ1v) is 13.9. The van der Waals surface area contributed by atoms with Gasteiger partial charge in [0.15, 0.2) is 0 Å². The lowest BCUT2D eigenvalue weighted by atomic mass is 9.90. The normalized spacial score (nSPS) is 12.2. The molecule has 0 atom stereocenters. The number of carbonyl (C=O) groups excluding carboxylic acids is 1. The summed E-state index contributed by atoms with van der Waals surface area (Å²) < 4.78 is 5.94. The van der Waals surface area contributed by atoms with Crippen molar-refractivity contribution >= 4 is 33.9 Å². The molecule has 2 heterocycles. The van der Waals surface area contributed by atoms with Gasteiger partial charge in [0.2, 0.25) is 5.91 Å². The number of pyridine rings is 1. The van der Waals surface area contributed by atoms with Gasteiger partial charge in [-0.25, -0.2) is 4.98 Å². The Kier molecular flexibility index (Phi) is 9.28. The molecule has 0 spiro atoms. The number of aromatic nitrogens is 2. The van der Waals surface area contributed by atoms with Gasteiger partial charge in [-0.3, -0.25) is 9.79 Å². The summed E-state index contributed by atoms with van der Waals surface area (Å²) in [6.07, 6.45) is 4.71. The zero-order valence-corrected chi connectivity index (χ0v) is 25.6. The minimum atomic E-state index is -0.255. The Labute approximate surface area is 248 Å². The predicted molar refractivity (Wildman–Crippen MR) is 175 cm³/mol. The molecule has 0 bridgehead atoms. The number of anilines is 1. The summed E-state index contributed by atoms with van der Waals surface area (Å²) in [5, 5.41) is 3.98. The third kappa shape index (κ3) is 5.99. The van der Waals surface area contributed by atoms with Crippen LogP contribution in [0.2, 0.25) is 0 Å². The first-order valence-electron chi connectivity index (χ1n) is 13.9. The summed E-state index contributed by atoms with van der Waals surface area (Å²) in [6, 6.07) is 12.2. The van der Waals surface area contributed by atoms with Crippen LogP contribution in [0.25, 0.3) is 39.0 Å². The molecule has 4 aromatic rings. The summed E-state index contributed by atoms with van der Waals surface area (Å²) in [6.45, 7) is 13.1. The number of ether oxygens (including phenoxy) is 1. The van der Waals surface area contributed by atoms with Gasteiger partial charge in [-0.15, -0.1) is 0 Å². The van der Waals surface area contributed by atoms with Crippen molar-refractivity contribution in [2.75, 3.05) is 39.6 Å². The topological polar surface area (TPSA) is 109 Å². The highest BCUT2D eigenvalue weighted by molar-refractivity contribution is 6.23. The Hall–Kier alpha value is -4.69. The number of hydrogen-bond donors (Lipinski definition) is 3. The Morgan fingerprint density at radius 3 is 2.48 bits per heavy atom. The lowest BCUT2D eigenvalue weighted by molar-refractivity contribution is -0.111. The molecule has 8 heteroatoms. The van der Waals surface area contributed by atoms with E-state index in [-0.39, 0.29) is 5.91 Å². The van der Waals surface area contributed by atoms with Crippen molar-refractivity contribution in [3.8, 4) is 28.1 Å². The summed E-state index contributed by atoms with van der Waals surface area (Å²) in [7, 11) is 5.80. The van der Waals surface area contributed by atoms with E-state index in [1.165, 1.54) is 6.08 Å². The highest BCUT2D eigenvalue weighted by Crippen LogP contribution is 2.44. The molecule has 4 rings (SSSR count). The maximum absolute atomic E-state index is 12.3. The van der Waals surface area contributed by atoms with Crippen LogP contribution in [0, 0.1) is 20.8 Å². The zero-order valence-electron chi connectivity index (χ0n) is 25.6. The zero-order chi connectivity index (χ0) is 30.6. The minimum absolute atomic E-state index is 0.255. The van der Waals surface area contributed by atoms with E-state index < -0.39 is 0 Å². The number of nitrogens with one attached hydrogen (secondary N) is 2. The van der Waals surface area contributed by atoms with E-state index in [4.69, 9.17) is 15.5 Å². The van der Waals surface area contributed by atoms with E-state index in [2.05, 4.69) is 51.9 Å². The number of nitrogens with zero attached hydrogens (tertiary/aromatic N) is 3. The SMILES string of the molecule is C=CC(=O)Nc1c(C)ccc(-c2c(-c3ccc(OCCN(C)C)cc3)[nH]c3ncc(/C(=C/N)C(C)=NC)c(C)c23)c1C. The number of allylic oxidation sites excluding steroid dienone is 1. The number of likely N-dealkylation sites (N-methyl/N-ethyl adjacent to an activating group) is 1. The van der Waals surface area contributed by atoms with E-state index >= 15 is 0 Å². The van der Waals surface area contributed by atoms with Gasteiger partial charge in [-0.2, -0.15) is 0 Å². The Bertz CT molecular complexity index is 1690. The van der Waals surface area contributed by atoms with Crippen LogP contribution in [0.5, 0.6) is 5.75 Å². The molecule has 1 amide bonds. The average molecular weight is 565 g/mol. The van der Waals surface area contributed by atoms with Gasteiger partial charge in [0.05, 0.1) is 5.69 Å². The van der Waals surface area contributed by atoms with E-state index in [1.807, 2.05) is 59.3 Å². The molecular weight excluding hydrogens is 524 g/mol. The molecule has 0 aliphatic carbocycles. The molecule has 8 nitrogen and oxygen atoms in total. The number of nitrogens with two attached hydrogens (primary N) is 1. The van der Waals surface area contributed by atoms with Gasteiger partial charge in [0, 0.05) is 59.5 Å². The fourth-order valence-electron chi connectivity index (χ4n) is 5.14. The molecule has 42 heavy (non-hydrogen) atoms. The number of fused-ring (bicyclic) bond motifs is 1. The van der Waals surface area contributed by atoms with Crippen molar-refractivity contribution in [3.63, 3.8) is 0 Å². The summed E-state index contributed by atoms with van der Waals surface area (Å²) in [4.78, 5) is 27.2. The quantitative estimate of drug-likeness (QED) is 0.155. The molecule has 0 aliphatic heterocycles. The standard InChI is InChI=1S/C34H40N6O2/c1-9-29(41)38-32-20(2)10-15-26(22(32)4)31-30-21(3)28(27(18-35)23(5)36-6)19-37-34(30)39-33(31)24-11-13-25(14-12-24)42-17-16-40(7)8/h9-15,18-19H,1,16-17,35H2,2-8H3,(H,37,39)(H,38,41)/b27-18+,36-23?. The van der Waals surface area contributed by atoms with E-state index in [0.717, 1.165) is 84.9 Å². The van der Waals surface area contributed by atoms with Gasteiger partial charge < -0.3 is 25.7 Å². The third-order valence-corrected chi connectivity index (χ3v) is 7.59. The Balaban J connectivity index is 1.98. The van der Waals surface area contributed by atoms with E-state index in [1.54, 1.807) is 13.2 Å². The van der Waals surface area contributed by atoms with Crippen LogP contribution in [-0.2, 0) is 4.79 Å². The maximum atomic E-state index is 12.3. The van der Waals surface area contributed by atoms with Gasteiger partial charge in [-0.05, 0) is 99.9 Å². The van der Waals surface area contributed by atoms with Crippen LogP contribution in [-0.4, -0.2) is 60.8 Å². The van der Waals surface area contributed by atoms with Crippen LogP contribution in [0.3, 0.4) is 0 Å². The van der Waals surface area contributed by atoms with Crippen molar-refractivity contribution < 1.29 is 9.53 Å². The Morgan fingerprint density at radius 1 is 1.14 bits per heavy atom. The lowest BCUT2D eigenvalue weighted by Gasteiger charge is -2.17. The van der Waals surface area contributed by atoms with Crippen molar-refractivity contribution in [2.24, 2.45) is 10.7 Å². The fourth-order valence-corrected chi connectivity index (χ4v) is 5.14. The molecule has 218 valence electrons. The average Bonchev–Trinajstić information content (AvgIpc) is 3.36. The van der Waals surface area contributed by atoms with E-state index in [9.17, 15) is 4.79 Å². The molecule has 2 aromatic heterocycles. The molecule has 0 radical (unpaired) electrons. The number of amides is 1. The smallest absolute Gasteiger partial charge is 0.247 e. The monoisotopic (exact) mass is 564 g/mol. The number of benzene rings is 2. The highest BCUT2D eigenvalue weighted by Gasteiger charge is 2.23. The van der Waals surface area contributed by atoms with Crippen molar-refractivity contribution in [1.29, 1.82) is 0 Å². The molecule has 0 unspecified atom stereocenters. The van der Waals surface area contributed by atoms with Crippen LogP contribution in [0.1, 0.15) is 29.2 Å². The van der Waals surface area contributed by atoms with Crippen LogP contribution in [0.4, 0.5) is 5.69 Å². The summed E-state index contributed by atoms with van der Waals surface area (Å²) in [5.74, 6) is 0.553. The van der Waals surface area contributed by atoms with Crippen molar-refractivity contribution in [2.45, 2.75) is 27.7 Å². The minimum Gasteiger partial charge on any atom is -0.492 e. The van der Waals surface area contributed by atoms with Crippen LogP contribution >= 0.6 is 0 Å². The van der Waals surface area contributed by atoms with Crippen molar-refractivity contribution in [1.82, 2.24) is 14.9 Å². The second kappa shape index (κ2) is 12.9. The number of H-pyrrole nitrogens is 1. The number of aromatic amines is 1. The predicted octanol–water partition coefficient (Wildman–Crippen LogP) is 6.28.